The molecular formula is C13H24N2O2. The average Bonchev–Trinajstić information content (AvgIpc) is 2.69. The van der Waals surface area contributed by atoms with Gasteiger partial charge in [0, 0.05) is 12.6 Å². The van der Waals surface area contributed by atoms with Gasteiger partial charge in [-0.25, -0.2) is 0 Å². The highest BCUT2D eigenvalue weighted by Gasteiger charge is 2.18. The topological polar surface area (TPSA) is 58.2 Å². The summed E-state index contributed by atoms with van der Waals surface area (Å²) < 4.78 is 0. The van der Waals surface area contributed by atoms with Crippen LogP contribution in [0.15, 0.2) is 0 Å². The standard InChI is InChI=1S/C13H24N2O2/c1-10(2)7-8-14-12(16)9-13(17)15-11-5-3-4-6-11/h10-11H,3-9H2,1-2H3,(H,14,16)(H,15,17). The van der Waals surface area contributed by atoms with Crippen LogP contribution in [0.4, 0.5) is 0 Å². The lowest BCUT2D eigenvalue weighted by molar-refractivity contribution is -0.129. The normalized spacial score (nSPS) is 16.2. The lowest BCUT2D eigenvalue weighted by Gasteiger charge is -2.12. The van der Waals surface area contributed by atoms with Crippen LogP contribution in [0.3, 0.4) is 0 Å². The van der Waals surface area contributed by atoms with Crippen molar-refractivity contribution >= 4 is 11.8 Å². The molecule has 0 atom stereocenters. The van der Waals surface area contributed by atoms with Gasteiger partial charge in [-0.3, -0.25) is 9.59 Å². The van der Waals surface area contributed by atoms with Gasteiger partial charge in [0.25, 0.3) is 0 Å². The molecule has 0 saturated heterocycles. The van der Waals surface area contributed by atoms with E-state index in [1.807, 2.05) is 0 Å². The molecule has 2 N–H and O–H groups in total. The molecule has 4 nitrogen and oxygen atoms in total. The van der Waals surface area contributed by atoms with Crippen molar-refractivity contribution in [3.63, 3.8) is 0 Å². The van der Waals surface area contributed by atoms with Gasteiger partial charge in [0.05, 0.1) is 0 Å². The number of nitrogens with one attached hydrogen (secondary N) is 2. The van der Waals surface area contributed by atoms with Crippen molar-refractivity contribution in [2.45, 2.75) is 58.4 Å². The van der Waals surface area contributed by atoms with Crippen molar-refractivity contribution in [3.8, 4) is 0 Å². The molecule has 17 heavy (non-hydrogen) atoms. The van der Waals surface area contributed by atoms with E-state index in [0.717, 1.165) is 19.3 Å². The minimum atomic E-state index is -0.166. The molecule has 0 radical (unpaired) electrons. The van der Waals surface area contributed by atoms with Gasteiger partial charge in [0.15, 0.2) is 0 Å². The number of carbonyl (C=O) groups excluding carboxylic acids is 2. The lowest BCUT2D eigenvalue weighted by Crippen LogP contribution is -2.37. The Labute approximate surface area is 104 Å². The SMILES string of the molecule is CC(C)CCNC(=O)CC(=O)NC1CCCC1. The second kappa shape index (κ2) is 7.30. The highest BCUT2D eigenvalue weighted by molar-refractivity contribution is 5.96. The Morgan fingerprint density at radius 1 is 1.18 bits per heavy atom. The number of carbonyl (C=O) groups is 2. The fourth-order valence-corrected chi connectivity index (χ4v) is 2.06. The zero-order valence-electron chi connectivity index (χ0n) is 10.9. The number of hydrogen-bond donors (Lipinski definition) is 2. The largest absolute Gasteiger partial charge is 0.356 e. The Morgan fingerprint density at radius 2 is 1.82 bits per heavy atom. The van der Waals surface area contributed by atoms with E-state index in [1.54, 1.807) is 0 Å². The first-order valence-electron chi connectivity index (χ1n) is 6.64. The van der Waals surface area contributed by atoms with Crippen molar-refractivity contribution < 1.29 is 9.59 Å². The number of hydrogen-bond acceptors (Lipinski definition) is 2. The van der Waals surface area contributed by atoms with Crippen LogP contribution < -0.4 is 10.6 Å². The van der Waals surface area contributed by atoms with Crippen LogP contribution in [0.5, 0.6) is 0 Å². The van der Waals surface area contributed by atoms with E-state index < -0.39 is 0 Å². The van der Waals surface area contributed by atoms with E-state index in [4.69, 9.17) is 0 Å². The fourth-order valence-electron chi connectivity index (χ4n) is 2.06. The Bertz CT molecular complexity index is 258. The van der Waals surface area contributed by atoms with Gasteiger partial charge in [-0.05, 0) is 25.2 Å². The minimum Gasteiger partial charge on any atom is -0.356 e. The molecule has 0 aromatic heterocycles. The molecule has 2 amide bonds. The van der Waals surface area contributed by atoms with Crippen LogP contribution in [0.25, 0.3) is 0 Å². The fraction of sp³-hybridized carbons (Fsp3) is 0.846. The Morgan fingerprint density at radius 3 is 2.41 bits per heavy atom. The van der Waals surface area contributed by atoms with Gasteiger partial charge >= 0.3 is 0 Å². The van der Waals surface area contributed by atoms with Gasteiger partial charge in [-0.15, -0.1) is 0 Å². The Balaban J connectivity index is 2.10. The van der Waals surface area contributed by atoms with Crippen LogP contribution in [-0.4, -0.2) is 24.4 Å². The summed E-state index contributed by atoms with van der Waals surface area (Å²) >= 11 is 0. The predicted molar refractivity (Wildman–Crippen MR) is 67.5 cm³/mol. The van der Waals surface area contributed by atoms with Gasteiger partial charge in [0.1, 0.15) is 6.42 Å². The number of amides is 2. The zero-order valence-corrected chi connectivity index (χ0v) is 10.9. The molecule has 1 saturated carbocycles. The van der Waals surface area contributed by atoms with Crippen LogP contribution in [0, 0.1) is 5.92 Å². The van der Waals surface area contributed by atoms with Crippen molar-refractivity contribution in [1.29, 1.82) is 0 Å². The summed E-state index contributed by atoms with van der Waals surface area (Å²) in [5, 5.41) is 5.68. The molecule has 98 valence electrons. The molecule has 1 rings (SSSR count). The maximum absolute atomic E-state index is 11.5. The van der Waals surface area contributed by atoms with E-state index in [0.29, 0.717) is 18.5 Å². The molecule has 0 aliphatic heterocycles. The summed E-state index contributed by atoms with van der Waals surface area (Å²) in [7, 11) is 0. The molecule has 1 fully saturated rings. The number of rotatable bonds is 6. The molecule has 1 aliphatic carbocycles. The van der Waals surface area contributed by atoms with E-state index in [9.17, 15) is 9.59 Å². The molecular weight excluding hydrogens is 216 g/mol. The highest BCUT2D eigenvalue weighted by Crippen LogP contribution is 2.17. The van der Waals surface area contributed by atoms with Crippen molar-refractivity contribution in [2.24, 2.45) is 5.92 Å². The van der Waals surface area contributed by atoms with Gasteiger partial charge in [-0.1, -0.05) is 26.7 Å². The molecule has 1 aliphatic rings. The minimum absolute atomic E-state index is 0.0331. The molecule has 0 bridgehead atoms. The van der Waals surface area contributed by atoms with E-state index >= 15 is 0 Å². The molecule has 4 heteroatoms. The predicted octanol–water partition coefficient (Wildman–Crippen LogP) is 1.60. The molecule has 0 heterocycles. The highest BCUT2D eigenvalue weighted by atomic mass is 16.2. The monoisotopic (exact) mass is 240 g/mol. The third-order valence-electron chi connectivity index (χ3n) is 3.09. The van der Waals surface area contributed by atoms with E-state index in [2.05, 4.69) is 24.5 Å². The average molecular weight is 240 g/mol. The Kier molecular flexibility index (Phi) is 6.01. The second-order valence-electron chi connectivity index (χ2n) is 5.26. The summed E-state index contributed by atoms with van der Waals surface area (Å²) in [5.41, 5.74) is 0. The maximum Gasteiger partial charge on any atom is 0.229 e. The quantitative estimate of drug-likeness (QED) is 0.693. The van der Waals surface area contributed by atoms with Gasteiger partial charge in [-0.2, -0.15) is 0 Å². The van der Waals surface area contributed by atoms with Crippen molar-refractivity contribution in [1.82, 2.24) is 10.6 Å². The first-order chi connectivity index (χ1) is 8.08. The first-order valence-corrected chi connectivity index (χ1v) is 6.64. The molecule has 0 aromatic rings. The maximum atomic E-state index is 11.5. The molecule has 0 unspecified atom stereocenters. The lowest BCUT2D eigenvalue weighted by atomic mass is 10.1. The van der Waals surface area contributed by atoms with Crippen LogP contribution in [0.1, 0.15) is 52.4 Å². The van der Waals surface area contributed by atoms with Gasteiger partial charge in [0.2, 0.25) is 11.8 Å². The third kappa shape index (κ3) is 6.29. The second-order valence-corrected chi connectivity index (χ2v) is 5.26. The van der Waals surface area contributed by atoms with Crippen molar-refractivity contribution in [2.75, 3.05) is 6.54 Å². The summed E-state index contributed by atoms with van der Waals surface area (Å²) in [6, 6.07) is 0.297. The summed E-state index contributed by atoms with van der Waals surface area (Å²) in [6.45, 7) is 4.88. The smallest absolute Gasteiger partial charge is 0.229 e. The van der Waals surface area contributed by atoms with Crippen LogP contribution in [0.2, 0.25) is 0 Å². The molecule has 0 aromatic carbocycles. The summed E-state index contributed by atoms with van der Waals surface area (Å²) in [6.07, 6.45) is 5.41. The van der Waals surface area contributed by atoms with Crippen LogP contribution >= 0.6 is 0 Å². The first kappa shape index (κ1) is 14.0. The van der Waals surface area contributed by atoms with Crippen LogP contribution in [-0.2, 0) is 9.59 Å². The van der Waals surface area contributed by atoms with E-state index in [1.165, 1.54) is 12.8 Å². The summed E-state index contributed by atoms with van der Waals surface area (Å²) in [4.78, 5) is 23.0. The third-order valence-corrected chi connectivity index (χ3v) is 3.09. The summed E-state index contributed by atoms with van der Waals surface area (Å²) in [5.74, 6) is 0.266. The van der Waals surface area contributed by atoms with Crippen molar-refractivity contribution in [3.05, 3.63) is 0 Å². The van der Waals surface area contributed by atoms with E-state index in [-0.39, 0.29) is 18.2 Å². The zero-order chi connectivity index (χ0) is 12.7. The molecule has 0 spiro atoms. The van der Waals surface area contributed by atoms with Gasteiger partial charge < -0.3 is 10.6 Å². The Hall–Kier alpha value is -1.06.